The van der Waals surface area contributed by atoms with Crippen LogP contribution < -0.4 is 5.32 Å². The van der Waals surface area contributed by atoms with Crippen molar-refractivity contribution in [1.29, 1.82) is 5.26 Å². The molecular formula is C21H19ClN4O3S. The molecule has 0 spiro atoms. The van der Waals surface area contributed by atoms with E-state index >= 15 is 0 Å². The number of anilines is 1. The normalized spacial score (nSPS) is 14.5. The van der Waals surface area contributed by atoms with Crippen molar-refractivity contribution in [3.05, 3.63) is 64.8 Å². The van der Waals surface area contributed by atoms with E-state index in [-0.39, 0.29) is 22.4 Å². The summed E-state index contributed by atoms with van der Waals surface area (Å²) in [6.45, 7) is 1.47. The van der Waals surface area contributed by atoms with E-state index < -0.39 is 10.0 Å². The van der Waals surface area contributed by atoms with E-state index in [4.69, 9.17) is 16.0 Å². The molecule has 3 aromatic rings. The van der Waals surface area contributed by atoms with Crippen LogP contribution in [0, 0.1) is 11.3 Å². The van der Waals surface area contributed by atoms with E-state index in [1.54, 1.807) is 18.2 Å². The van der Waals surface area contributed by atoms with Crippen molar-refractivity contribution in [3.8, 4) is 17.5 Å². The van der Waals surface area contributed by atoms with E-state index in [1.807, 2.05) is 24.3 Å². The molecule has 30 heavy (non-hydrogen) atoms. The number of hydrogen-bond acceptors (Lipinski definition) is 6. The second-order valence-electron chi connectivity index (χ2n) is 6.89. The Bertz CT molecular complexity index is 1190. The molecule has 1 N–H and O–H groups in total. The second-order valence-corrected chi connectivity index (χ2v) is 9.23. The highest BCUT2D eigenvalue weighted by atomic mass is 35.5. The van der Waals surface area contributed by atoms with Crippen molar-refractivity contribution in [3.63, 3.8) is 0 Å². The molecule has 0 saturated carbocycles. The van der Waals surface area contributed by atoms with Crippen LogP contribution >= 0.6 is 11.6 Å². The third-order valence-corrected chi connectivity index (χ3v) is 7.22. The summed E-state index contributed by atoms with van der Waals surface area (Å²) in [4.78, 5) is 4.45. The lowest BCUT2D eigenvalue weighted by Gasteiger charge is -2.15. The number of oxazole rings is 1. The summed E-state index contributed by atoms with van der Waals surface area (Å²) >= 11 is 6.16. The fraction of sp³-hybridized carbons (Fsp3) is 0.238. The lowest BCUT2D eigenvalue weighted by Crippen LogP contribution is -2.27. The number of nitriles is 1. The maximum atomic E-state index is 12.7. The maximum Gasteiger partial charge on any atom is 0.243 e. The summed E-state index contributed by atoms with van der Waals surface area (Å²) in [6.07, 6.45) is 1.77. The molecule has 1 aliphatic rings. The summed E-state index contributed by atoms with van der Waals surface area (Å²) in [5, 5.41) is 13.0. The topological polar surface area (TPSA) is 99.2 Å². The standard InChI is InChI=1S/C21H19ClN4O3S/c22-18-6-2-1-5-16(18)14-24-21-19(13-23)25-20(29-21)15-7-9-17(10-8-15)30(27,28)26-11-3-4-12-26/h1-2,5-10,24H,3-4,11-12,14H2. The van der Waals surface area contributed by atoms with Crippen molar-refractivity contribution >= 4 is 27.5 Å². The van der Waals surface area contributed by atoms with Gasteiger partial charge in [-0.1, -0.05) is 29.8 Å². The van der Waals surface area contributed by atoms with E-state index in [9.17, 15) is 13.7 Å². The van der Waals surface area contributed by atoms with Crippen molar-refractivity contribution in [2.75, 3.05) is 18.4 Å². The molecule has 1 aromatic heterocycles. The zero-order valence-electron chi connectivity index (χ0n) is 16.0. The van der Waals surface area contributed by atoms with Gasteiger partial charge >= 0.3 is 0 Å². The van der Waals surface area contributed by atoms with Gasteiger partial charge in [-0.05, 0) is 48.7 Å². The molecule has 1 saturated heterocycles. The number of nitrogens with zero attached hydrogens (tertiary/aromatic N) is 3. The third kappa shape index (κ3) is 4.05. The predicted molar refractivity (Wildman–Crippen MR) is 113 cm³/mol. The number of halogens is 1. The summed E-state index contributed by atoms with van der Waals surface area (Å²) in [5.41, 5.74) is 1.56. The van der Waals surface area contributed by atoms with Crippen LogP contribution in [0.25, 0.3) is 11.5 Å². The Morgan fingerprint density at radius 2 is 1.83 bits per heavy atom. The van der Waals surface area contributed by atoms with Gasteiger partial charge in [0.25, 0.3) is 0 Å². The molecule has 9 heteroatoms. The van der Waals surface area contributed by atoms with Crippen molar-refractivity contribution in [1.82, 2.24) is 9.29 Å². The van der Waals surface area contributed by atoms with Gasteiger partial charge in [0.1, 0.15) is 6.07 Å². The fourth-order valence-electron chi connectivity index (χ4n) is 3.30. The largest absolute Gasteiger partial charge is 0.419 e. The van der Waals surface area contributed by atoms with Crippen molar-refractivity contribution in [2.24, 2.45) is 0 Å². The summed E-state index contributed by atoms with van der Waals surface area (Å²) in [7, 11) is -3.48. The molecule has 1 fully saturated rings. The predicted octanol–water partition coefficient (Wildman–Crippen LogP) is 4.26. The molecular weight excluding hydrogens is 424 g/mol. The zero-order valence-corrected chi connectivity index (χ0v) is 17.6. The molecule has 0 atom stereocenters. The zero-order chi connectivity index (χ0) is 21.1. The van der Waals surface area contributed by atoms with Gasteiger partial charge in [-0.3, -0.25) is 0 Å². The van der Waals surface area contributed by atoms with Gasteiger partial charge in [-0.15, -0.1) is 0 Å². The maximum absolute atomic E-state index is 12.7. The fourth-order valence-corrected chi connectivity index (χ4v) is 5.02. The van der Waals surface area contributed by atoms with Crippen LogP contribution in [0.5, 0.6) is 0 Å². The molecule has 0 radical (unpaired) electrons. The first-order valence-electron chi connectivity index (χ1n) is 9.48. The number of sulfonamides is 1. The lowest BCUT2D eigenvalue weighted by molar-refractivity contribution is 0.477. The number of benzene rings is 2. The molecule has 0 amide bonds. The molecule has 1 aliphatic heterocycles. The minimum Gasteiger partial charge on any atom is -0.419 e. The molecule has 0 bridgehead atoms. The Kier molecular flexibility index (Phi) is 5.77. The Morgan fingerprint density at radius 3 is 2.50 bits per heavy atom. The number of hydrogen-bond donors (Lipinski definition) is 1. The van der Waals surface area contributed by atoms with Gasteiger partial charge in [0, 0.05) is 30.2 Å². The Labute approximate surface area is 180 Å². The Morgan fingerprint density at radius 1 is 1.13 bits per heavy atom. The Balaban J connectivity index is 1.54. The molecule has 154 valence electrons. The van der Waals surface area contributed by atoms with Crippen LogP contribution in [0.4, 0.5) is 5.88 Å². The Hall–Kier alpha value is -2.86. The summed E-state index contributed by atoms with van der Waals surface area (Å²) < 4.78 is 32.5. The quantitative estimate of drug-likeness (QED) is 0.612. The second kappa shape index (κ2) is 8.48. The van der Waals surface area contributed by atoms with Crippen LogP contribution in [0.3, 0.4) is 0 Å². The smallest absolute Gasteiger partial charge is 0.243 e. The SMILES string of the molecule is N#Cc1nc(-c2ccc(S(=O)(=O)N3CCCC3)cc2)oc1NCc1ccccc1Cl. The van der Waals surface area contributed by atoms with E-state index in [0.29, 0.717) is 30.2 Å². The molecule has 2 heterocycles. The first-order valence-corrected chi connectivity index (χ1v) is 11.3. The van der Waals surface area contributed by atoms with Gasteiger partial charge < -0.3 is 9.73 Å². The minimum atomic E-state index is -3.48. The third-order valence-electron chi connectivity index (χ3n) is 4.93. The first-order chi connectivity index (χ1) is 14.5. The van der Waals surface area contributed by atoms with E-state index in [0.717, 1.165) is 18.4 Å². The van der Waals surface area contributed by atoms with Gasteiger partial charge in [0.15, 0.2) is 0 Å². The minimum absolute atomic E-state index is 0.116. The van der Waals surface area contributed by atoms with Crippen LogP contribution in [-0.2, 0) is 16.6 Å². The summed E-state index contributed by atoms with van der Waals surface area (Å²) in [6, 6.07) is 15.7. The number of rotatable bonds is 6. The summed E-state index contributed by atoms with van der Waals surface area (Å²) in [5.74, 6) is 0.472. The molecule has 0 unspecified atom stereocenters. The number of nitrogens with one attached hydrogen (secondary N) is 1. The van der Waals surface area contributed by atoms with Crippen molar-refractivity contribution < 1.29 is 12.8 Å². The van der Waals surface area contributed by atoms with Crippen molar-refractivity contribution in [2.45, 2.75) is 24.3 Å². The van der Waals surface area contributed by atoms with Gasteiger partial charge in [0.05, 0.1) is 4.90 Å². The van der Waals surface area contributed by atoms with Gasteiger partial charge in [0.2, 0.25) is 27.5 Å². The highest BCUT2D eigenvalue weighted by molar-refractivity contribution is 7.89. The molecule has 0 aliphatic carbocycles. The highest BCUT2D eigenvalue weighted by Gasteiger charge is 2.27. The van der Waals surface area contributed by atoms with Gasteiger partial charge in [-0.25, -0.2) is 8.42 Å². The molecule has 4 rings (SSSR count). The van der Waals surface area contributed by atoms with Crippen LogP contribution in [0.2, 0.25) is 5.02 Å². The van der Waals surface area contributed by atoms with Crippen LogP contribution in [0.15, 0.2) is 57.8 Å². The first kappa shape index (κ1) is 20.4. The monoisotopic (exact) mass is 442 g/mol. The average molecular weight is 443 g/mol. The average Bonchev–Trinajstić information content (AvgIpc) is 3.44. The van der Waals surface area contributed by atoms with Gasteiger partial charge in [-0.2, -0.15) is 14.6 Å². The van der Waals surface area contributed by atoms with E-state index in [1.165, 1.54) is 16.4 Å². The van der Waals surface area contributed by atoms with E-state index in [2.05, 4.69) is 10.3 Å². The van der Waals surface area contributed by atoms with Crippen LogP contribution in [0.1, 0.15) is 24.1 Å². The van der Waals surface area contributed by atoms with Crippen LogP contribution in [-0.4, -0.2) is 30.8 Å². The number of aromatic nitrogens is 1. The molecule has 7 nitrogen and oxygen atoms in total. The highest BCUT2D eigenvalue weighted by Crippen LogP contribution is 2.28. The lowest BCUT2D eigenvalue weighted by atomic mass is 10.2. The molecule has 2 aromatic carbocycles.